The Bertz CT molecular complexity index is 305. The third-order valence-electron chi connectivity index (χ3n) is 2.22. The van der Waals surface area contributed by atoms with Gasteiger partial charge in [-0.15, -0.1) is 0 Å². The fraction of sp³-hybridized carbons (Fsp3) is 0.286. The van der Waals surface area contributed by atoms with Crippen LogP contribution in [0.5, 0.6) is 0 Å². The lowest BCUT2D eigenvalue weighted by molar-refractivity contribution is 1.29. The maximum atomic E-state index is 3.98. The van der Waals surface area contributed by atoms with E-state index in [0.29, 0.717) is 0 Å². The molecule has 0 saturated heterocycles. The summed E-state index contributed by atoms with van der Waals surface area (Å²) < 4.78 is 0. The normalized spacial score (nSPS) is 11.6. The van der Waals surface area contributed by atoms with Crippen LogP contribution in [0, 0.1) is 0 Å². The summed E-state index contributed by atoms with van der Waals surface area (Å²) in [7, 11) is 0. The van der Waals surface area contributed by atoms with E-state index in [1.165, 1.54) is 11.1 Å². The standard InChI is InChI=1S/C14H20/c1-7-14(8-2)13(6)10-9-12(5)11(3)4/h7-10H,1,6H2,2-5H3/b10-9-,14-8+. The second kappa shape index (κ2) is 6.20. The van der Waals surface area contributed by atoms with Gasteiger partial charge in [-0.05, 0) is 38.8 Å². The smallest absolute Gasteiger partial charge is 0.0239 e. The van der Waals surface area contributed by atoms with Crippen LogP contribution in [0.1, 0.15) is 27.7 Å². The molecule has 0 fully saturated rings. The molecule has 0 bridgehead atoms. The van der Waals surface area contributed by atoms with Crippen LogP contribution in [0.3, 0.4) is 0 Å². The Morgan fingerprint density at radius 3 is 2.00 bits per heavy atom. The summed E-state index contributed by atoms with van der Waals surface area (Å²) in [6.07, 6.45) is 7.95. The predicted octanol–water partition coefficient (Wildman–Crippen LogP) is 4.59. The highest BCUT2D eigenvalue weighted by Gasteiger charge is 1.92. The van der Waals surface area contributed by atoms with Crippen LogP contribution in [0.15, 0.2) is 59.8 Å². The van der Waals surface area contributed by atoms with Crippen LogP contribution < -0.4 is 0 Å². The molecule has 0 heteroatoms. The first-order valence-corrected chi connectivity index (χ1v) is 4.83. The van der Waals surface area contributed by atoms with Gasteiger partial charge in [-0.3, -0.25) is 0 Å². The number of hydrogen-bond donors (Lipinski definition) is 0. The number of hydrogen-bond acceptors (Lipinski definition) is 0. The van der Waals surface area contributed by atoms with Gasteiger partial charge in [-0.25, -0.2) is 0 Å². The number of rotatable bonds is 4. The quantitative estimate of drug-likeness (QED) is 0.566. The zero-order valence-corrected chi connectivity index (χ0v) is 9.72. The SMILES string of the molecule is C=C/C(=C\C)C(=C)/C=C\C(C)=C(C)C. The first-order chi connectivity index (χ1) is 6.52. The highest BCUT2D eigenvalue weighted by Crippen LogP contribution is 2.12. The van der Waals surface area contributed by atoms with Gasteiger partial charge in [0.1, 0.15) is 0 Å². The minimum Gasteiger partial charge on any atom is -0.0985 e. The lowest BCUT2D eigenvalue weighted by atomic mass is 10.1. The highest BCUT2D eigenvalue weighted by molar-refractivity contribution is 5.45. The van der Waals surface area contributed by atoms with Gasteiger partial charge in [0.25, 0.3) is 0 Å². The number of allylic oxidation sites excluding steroid dienone is 8. The van der Waals surface area contributed by atoms with E-state index in [9.17, 15) is 0 Å². The van der Waals surface area contributed by atoms with E-state index in [4.69, 9.17) is 0 Å². The van der Waals surface area contributed by atoms with Gasteiger partial charge in [-0.1, -0.05) is 48.6 Å². The zero-order valence-electron chi connectivity index (χ0n) is 9.72. The molecule has 0 aliphatic carbocycles. The summed E-state index contributed by atoms with van der Waals surface area (Å²) in [6.45, 7) is 16.0. The van der Waals surface area contributed by atoms with E-state index in [1.54, 1.807) is 0 Å². The monoisotopic (exact) mass is 188 g/mol. The van der Waals surface area contributed by atoms with Crippen molar-refractivity contribution in [1.29, 1.82) is 0 Å². The van der Waals surface area contributed by atoms with Crippen molar-refractivity contribution in [3.63, 3.8) is 0 Å². The summed E-state index contributed by atoms with van der Waals surface area (Å²) >= 11 is 0. The fourth-order valence-corrected chi connectivity index (χ4v) is 0.923. The molecule has 0 N–H and O–H groups in total. The van der Waals surface area contributed by atoms with Crippen LogP contribution in [0.4, 0.5) is 0 Å². The van der Waals surface area contributed by atoms with E-state index >= 15 is 0 Å². The minimum atomic E-state index is 1.00. The van der Waals surface area contributed by atoms with Crippen molar-refractivity contribution in [2.75, 3.05) is 0 Å². The summed E-state index contributed by atoms with van der Waals surface area (Å²) in [4.78, 5) is 0. The molecule has 76 valence electrons. The average molecular weight is 188 g/mol. The van der Waals surface area contributed by atoms with Crippen LogP contribution in [0.2, 0.25) is 0 Å². The van der Waals surface area contributed by atoms with Crippen molar-refractivity contribution in [2.45, 2.75) is 27.7 Å². The second-order valence-corrected chi connectivity index (χ2v) is 3.49. The maximum Gasteiger partial charge on any atom is -0.0239 e. The highest BCUT2D eigenvalue weighted by atomic mass is 14.0. The molecule has 0 heterocycles. The van der Waals surface area contributed by atoms with E-state index in [0.717, 1.165) is 11.1 Å². The van der Waals surface area contributed by atoms with Gasteiger partial charge in [0, 0.05) is 0 Å². The van der Waals surface area contributed by atoms with Crippen LogP contribution in [-0.2, 0) is 0 Å². The summed E-state index contributed by atoms with van der Waals surface area (Å²) in [5.41, 5.74) is 4.70. The van der Waals surface area contributed by atoms with Gasteiger partial charge in [-0.2, -0.15) is 0 Å². The molecule has 0 atom stereocenters. The Kier molecular flexibility index (Phi) is 5.62. The van der Waals surface area contributed by atoms with Crippen molar-refractivity contribution in [2.24, 2.45) is 0 Å². The molecule has 0 aromatic rings. The fourth-order valence-electron chi connectivity index (χ4n) is 0.923. The van der Waals surface area contributed by atoms with Crippen molar-refractivity contribution in [1.82, 2.24) is 0 Å². The van der Waals surface area contributed by atoms with Gasteiger partial charge in [0.15, 0.2) is 0 Å². The largest absolute Gasteiger partial charge is 0.0985 e. The van der Waals surface area contributed by atoms with Crippen LogP contribution in [0.25, 0.3) is 0 Å². The Morgan fingerprint density at radius 1 is 1.07 bits per heavy atom. The molecule has 0 aromatic heterocycles. The molecule has 0 aliphatic heterocycles. The lowest BCUT2D eigenvalue weighted by Crippen LogP contribution is -1.80. The first-order valence-electron chi connectivity index (χ1n) is 4.83. The third kappa shape index (κ3) is 4.08. The third-order valence-corrected chi connectivity index (χ3v) is 2.22. The molecule has 0 aliphatic rings. The molecule has 0 radical (unpaired) electrons. The molecule has 14 heavy (non-hydrogen) atoms. The van der Waals surface area contributed by atoms with Gasteiger partial charge in [0.2, 0.25) is 0 Å². The van der Waals surface area contributed by atoms with E-state index in [-0.39, 0.29) is 0 Å². The predicted molar refractivity (Wildman–Crippen MR) is 66.3 cm³/mol. The minimum absolute atomic E-state index is 1.00. The first kappa shape index (κ1) is 12.7. The summed E-state index contributed by atoms with van der Waals surface area (Å²) in [5, 5.41) is 0. The van der Waals surface area contributed by atoms with Gasteiger partial charge >= 0.3 is 0 Å². The molecule has 0 unspecified atom stereocenters. The molecule has 0 spiro atoms. The van der Waals surface area contributed by atoms with Crippen LogP contribution >= 0.6 is 0 Å². The molecule has 0 rings (SSSR count). The summed E-state index contributed by atoms with van der Waals surface area (Å²) in [6, 6.07) is 0. The molecule has 0 aromatic carbocycles. The van der Waals surface area contributed by atoms with E-state index in [2.05, 4.69) is 40.0 Å². The molecule has 0 amide bonds. The zero-order chi connectivity index (χ0) is 11.1. The Morgan fingerprint density at radius 2 is 1.64 bits per heavy atom. The molecular weight excluding hydrogens is 168 g/mol. The molecular formula is C14H20. The molecule has 0 saturated carbocycles. The topological polar surface area (TPSA) is 0 Å². The van der Waals surface area contributed by atoms with Gasteiger partial charge < -0.3 is 0 Å². The Labute approximate surface area is 88.0 Å². The Hall–Kier alpha value is -1.30. The van der Waals surface area contributed by atoms with Crippen molar-refractivity contribution < 1.29 is 0 Å². The Balaban J connectivity index is 4.64. The van der Waals surface area contributed by atoms with E-state index < -0.39 is 0 Å². The van der Waals surface area contributed by atoms with Crippen LogP contribution in [-0.4, -0.2) is 0 Å². The molecule has 0 nitrogen and oxygen atoms in total. The van der Waals surface area contributed by atoms with Crippen molar-refractivity contribution in [3.05, 3.63) is 59.8 Å². The summed E-state index contributed by atoms with van der Waals surface area (Å²) in [5.74, 6) is 0. The van der Waals surface area contributed by atoms with E-state index in [1.807, 2.05) is 25.2 Å². The maximum absolute atomic E-state index is 3.98. The average Bonchev–Trinajstić information content (AvgIpc) is 2.15. The lowest BCUT2D eigenvalue weighted by Gasteiger charge is -2.00. The van der Waals surface area contributed by atoms with Crippen molar-refractivity contribution >= 4 is 0 Å². The van der Waals surface area contributed by atoms with Crippen molar-refractivity contribution in [3.8, 4) is 0 Å². The second-order valence-electron chi connectivity index (χ2n) is 3.49. The van der Waals surface area contributed by atoms with Gasteiger partial charge in [0.05, 0.1) is 0 Å².